The zero-order valence-corrected chi connectivity index (χ0v) is 21.8. The summed E-state index contributed by atoms with van der Waals surface area (Å²) in [5, 5.41) is 0. The molecule has 0 aromatic heterocycles. The summed E-state index contributed by atoms with van der Waals surface area (Å²) in [6, 6.07) is 54.3. The van der Waals surface area contributed by atoms with E-state index in [9.17, 15) is 0 Å². The predicted molar refractivity (Wildman–Crippen MR) is 162 cm³/mol. The van der Waals surface area contributed by atoms with Crippen molar-refractivity contribution in [1.82, 2.24) is 0 Å². The monoisotopic (exact) mass is 496 g/mol. The second kappa shape index (κ2) is 8.68. The van der Waals surface area contributed by atoms with Crippen molar-refractivity contribution in [3.63, 3.8) is 0 Å². The van der Waals surface area contributed by atoms with Crippen molar-refractivity contribution in [2.24, 2.45) is 0 Å². The highest BCUT2D eigenvalue weighted by Crippen LogP contribution is 2.59. The number of aryl methyl sites for hydroxylation is 2. The van der Waals surface area contributed by atoms with Crippen LogP contribution in [0.4, 0.5) is 0 Å². The Hall–Kier alpha value is -4.68. The average molecular weight is 497 g/mol. The van der Waals surface area contributed by atoms with Gasteiger partial charge in [-0.3, -0.25) is 0 Å². The van der Waals surface area contributed by atoms with Crippen LogP contribution in [0.5, 0.6) is 0 Å². The van der Waals surface area contributed by atoms with E-state index in [4.69, 9.17) is 0 Å². The molecule has 0 aliphatic heterocycles. The van der Waals surface area contributed by atoms with E-state index in [0.29, 0.717) is 0 Å². The molecule has 8 rings (SSSR count). The van der Waals surface area contributed by atoms with E-state index >= 15 is 0 Å². The first-order chi connectivity index (χ1) is 19.3. The van der Waals surface area contributed by atoms with Gasteiger partial charge in [-0.25, -0.2) is 0 Å². The minimum atomic E-state index is -0.371. The molecule has 184 valence electrons. The van der Waals surface area contributed by atoms with Gasteiger partial charge in [0, 0.05) is 0 Å². The Morgan fingerprint density at radius 3 is 1.21 bits per heavy atom. The first kappa shape index (κ1) is 22.3. The zero-order valence-electron chi connectivity index (χ0n) is 21.8. The highest BCUT2D eigenvalue weighted by Gasteiger charge is 2.49. The number of benzene rings is 6. The Morgan fingerprint density at radius 2 is 0.744 bits per heavy atom. The highest BCUT2D eigenvalue weighted by atomic mass is 14.5. The average Bonchev–Trinajstić information content (AvgIpc) is 3.23. The van der Waals surface area contributed by atoms with Crippen molar-refractivity contribution in [3.05, 3.63) is 179 Å². The molecular weight excluding hydrogens is 468 g/mol. The molecule has 0 heterocycles. The van der Waals surface area contributed by atoms with Crippen molar-refractivity contribution in [3.8, 4) is 33.4 Å². The van der Waals surface area contributed by atoms with Crippen molar-refractivity contribution in [2.45, 2.75) is 18.3 Å². The van der Waals surface area contributed by atoms with Gasteiger partial charge in [0.15, 0.2) is 0 Å². The summed E-state index contributed by atoms with van der Waals surface area (Å²) in [6.07, 6.45) is 2.07. The molecule has 0 saturated heterocycles. The summed E-state index contributed by atoms with van der Waals surface area (Å²) in [5.74, 6) is 0. The van der Waals surface area contributed by atoms with Gasteiger partial charge in [-0.2, -0.15) is 0 Å². The number of rotatable bonds is 2. The summed E-state index contributed by atoms with van der Waals surface area (Å²) >= 11 is 0. The Bertz CT molecular complexity index is 1700. The molecule has 39 heavy (non-hydrogen) atoms. The molecule has 0 saturated carbocycles. The number of hydrogen-bond acceptors (Lipinski definition) is 0. The molecule has 0 unspecified atom stereocenters. The van der Waals surface area contributed by atoms with Crippen LogP contribution in [0.15, 0.2) is 146 Å². The van der Waals surface area contributed by atoms with Gasteiger partial charge < -0.3 is 0 Å². The third-order valence-corrected chi connectivity index (χ3v) is 8.86. The van der Waals surface area contributed by atoms with Crippen molar-refractivity contribution < 1.29 is 0 Å². The summed E-state index contributed by atoms with van der Waals surface area (Å²) in [7, 11) is 0. The Morgan fingerprint density at radius 1 is 0.333 bits per heavy atom. The molecule has 2 aliphatic rings. The van der Waals surface area contributed by atoms with Gasteiger partial charge in [0.05, 0.1) is 5.41 Å². The maximum Gasteiger partial charge on any atom is 0.0719 e. The van der Waals surface area contributed by atoms with Crippen LogP contribution >= 0.6 is 0 Å². The smallest absolute Gasteiger partial charge is 0.0622 e. The third kappa shape index (κ3) is 3.25. The van der Waals surface area contributed by atoms with Crippen LogP contribution in [0.3, 0.4) is 0 Å². The van der Waals surface area contributed by atoms with Crippen LogP contribution in [0.25, 0.3) is 33.4 Å². The molecule has 0 heteroatoms. The van der Waals surface area contributed by atoms with Crippen molar-refractivity contribution in [1.29, 1.82) is 0 Å². The Labute approximate surface area is 230 Å². The van der Waals surface area contributed by atoms with Crippen LogP contribution in [0, 0.1) is 0 Å². The van der Waals surface area contributed by atoms with Crippen LogP contribution in [-0.2, 0) is 18.3 Å². The lowest BCUT2D eigenvalue weighted by molar-refractivity contribution is 0.763. The van der Waals surface area contributed by atoms with Gasteiger partial charge in [-0.05, 0) is 91.7 Å². The molecule has 2 aliphatic carbocycles. The lowest BCUT2D eigenvalue weighted by Gasteiger charge is -2.36. The van der Waals surface area contributed by atoms with Gasteiger partial charge in [-0.15, -0.1) is 0 Å². The van der Waals surface area contributed by atoms with E-state index in [-0.39, 0.29) is 5.41 Å². The fourth-order valence-electron chi connectivity index (χ4n) is 7.14. The molecule has 6 aromatic rings. The highest BCUT2D eigenvalue weighted by molar-refractivity contribution is 5.88. The van der Waals surface area contributed by atoms with Gasteiger partial charge in [0.25, 0.3) is 0 Å². The molecule has 1 spiro atoms. The quantitative estimate of drug-likeness (QED) is 0.224. The van der Waals surface area contributed by atoms with E-state index in [1.807, 2.05) is 0 Å². The minimum absolute atomic E-state index is 0.371. The second-order valence-corrected chi connectivity index (χ2v) is 10.8. The SMILES string of the molecule is c1ccc(-c2ccc3c(c2)C2(c4cc(-c5ccccc5)ccc4CC3)c3ccccc3-c3ccccc32)cc1. The maximum atomic E-state index is 2.49. The fourth-order valence-corrected chi connectivity index (χ4v) is 7.14. The van der Waals surface area contributed by atoms with Gasteiger partial charge in [0.2, 0.25) is 0 Å². The van der Waals surface area contributed by atoms with Crippen LogP contribution < -0.4 is 0 Å². The second-order valence-electron chi connectivity index (χ2n) is 10.8. The molecule has 0 radical (unpaired) electrons. The maximum absolute atomic E-state index is 2.49. The molecule has 0 fully saturated rings. The fraction of sp³-hybridized carbons (Fsp3) is 0.0769. The lowest BCUT2D eigenvalue weighted by Crippen LogP contribution is -2.30. The summed E-state index contributed by atoms with van der Waals surface area (Å²) < 4.78 is 0. The normalized spacial score (nSPS) is 14.2. The van der Waals surface area contributed by atoms with E-state index < -0.39 is 0 Å². The van der Waals surface area contributed by atoms with E-state index in [0.717, 1.165) is 12.8 Å². The van der Waals surface area contributed by atoms with Gasteiger partial charge in [-0.1, -0.05) is 133 Å². The van der Waals surface area contributed by atoms with Crippen LogP contribution in [0.2, 0.25) is 0 Å². The summed E-state index contributed by atoms with van der Waals surface area (Å²) in [6.45, 7) is 0. The van der Waals surface area contributed by atoms with Gasteiger partial charge >= 0.3 is 0 Å². The lowest BCUT2D eigenvalue weighted by atomic mass is 9.65. The van der Waals surface area contributed by atoms with E-state index in [1.54, 1.807) is 0 Å². The Balaban J connectivity index is 1.52. The van der Waals surface area contributed by atoms with Crippen molar-refractivity contribution in [2.75, 3.05) is 0 Å². The predicted octanol–water partition coefficient (Wildman–Crippen LogP) is 9.48. The topological polar surface area (TPSA) is 0 Å². The molecule has 0 nitrogen and oxygen atoms in total. The first-order valence-electron chi connectivity index (χ1n) is 13.9. The summed E-state index contributed by atoms with van der Waals surface area (Å²) in [4.78, 5) is 0. The van der Waals surface area contributed by atoms with E-state index in [2.05, 4.69) is 146 Å². The van der Waals surface area contributed by atoms with Crippen molar-refractivity contribution >= 4 is 0 Å². The summed E-state index contributed by atoms with van der Waals surface area (Å²) in [5.41, 5.74) is 15.9. The third-order valence-electron chi connectivity index (χ3n) is 8.86. The van der Waals surface area contributed by atoms with E-state index in [1.165, 1.54) is 66.8 Å². The van der Waals surface area contributed by atoms with Crippen LogP contribution in [-0.4, -0.2) is 0 Å². The number of fused-ring (bicyclic) bond motifs is 9. The minimum Gasteiger partial charge on any atom is -0.0622 e. The molecule has 0 N–H and O–H groups in total. The molecule has 0 atom stereocenters. The molecule has 6 aromatic carbocycles. The standard InChI is InChI=1S/C39H28/c1-3-11-27(12-4-1)31-23-21-29-19-20-30-22-24-32(28-13-5-2-6-14-28)26-38(30)39(37(29)25-31)35-17-9-7-15-33(35)34-16-8-10-18-36(34)39/h1-18,21-26H,19-20H2. The van der Waals surface area contributed by atoms with Gasteiger partial charge in [0.1, 0.15) is 0 Å². The first-order valence-corrected chi connectivity index (χ1v) is 13.9. The molecule has 0 amide bonds. The largest absolute Gasteiger partial charge is 0.0719 e. The molecule has 0 bridgehead atoms. The van der Waals surface area contributed by atoms with Crippen LogP contribution in [0.1, 0.15) is 33.4 Å². The number of hydrogen-bond donors (Lipinski definition) is 0. The Kier molecular flexibility index (Phi) is 4.97. The molecular formula is C39H28. The zero-order chi connectivity index (χ0) is 25.8.